The minimum absolute atomic E-state index is 0.00213. The van der Waals surface area contributed by atoms with E-state index in [1.165, 1.54) is 0 Å². The van der Waals surface area contributed by atoms with Gasteiger partial charge in [-0.25, -0.2) is 0 Å². The maximum Gasteiger partial charge on any atom is 0.325 e. The molecule has 0 aliphatic rings. The van der Waals surface area contributed by atoms with Gasteiger partial charge in [0.2, 0.25) is 5.91 Å². The Balaban J connectivity index is 3.69. The number of carbonyl (C=O) groups is 1. The zero-order chi connectivity index (χ0) is 11.9. The van der Waals surface area contributed by atoms with Crippen molar-refractivity contribution >= 4 is 13.5 Å². The van der Waals surface area contributed by atoms with Gasteiger partial charge in [-0.1, -0.05) is 0 Å². The molecule has 0 saturated heterocycles. The first kappa shape index (κ1) is 14.5. The van der Waals surface area contributed by atoms with Gasteiger partial charge in [-0.15, -0.1) is 0 Å². The summed E-state index contributed by atoms with van der Waals surface area (Å²) in [6.45, 7) is 0.149. The molecule has 8 heteroatoms. The highest BCUT2D eigenvalue weighted by Crippen LogP contribution is 2.34. The normalized spacial score (nSPS) is 11.5. The van der Waals surface area contributed by atoms with Crippen LogP contribution in [-0.2, 0) is 9.36 Å². The van der Waals surface area contributed by atoms with E-state index < -0.39 is 13.5 Å². The van der Waals surface area contributed by atoms with Crippen molar-refractivity contribution in [3.63, 3.8) is 0 Å². The molecule has 0 saturated carbocycles. The number of nitrogens with zero attached hydrogens (tertiary/aromatic N) is 1. The molecular weight excluding hydrogens is 223 g/mol. The Morgan fingerprint density at radius 3 is 2.47 bits per heavy atom. The third kappa shape index (κ3) is 8.53. The maximum absolute atomic E-state index is 11.0. The summed E-state index contributed by atoms with van der Waals surface area (Å²) >= 11 is 0. The van der Waals surface area contributed by atoms with Gasteiger partial charge in [-0.2, -0.15) is 0 Å². The van der Waals surface area contributed by atoms with Crippen molar-refractivity contribution in [1.82, 2.24) is 5.06 Å². The summed E-state index contributed by atoms with van der Waals surface area (Å²) in [4.78, 5) is 28.0. The predicted octanol–water partition coefficient (Wildman–Crippen LogP) is -0.380. The summed E-state index contributed by atoms with van der Waals surface area (Å²) in [7, 11) is -4.07. The van der Waals surface area contributed by atoms with Gasteiger partial charge in [-0.3, -0.25) is 9.36 Å². The molecule has 0 spiro atoms. The standard InChI is InChI=1S/C7H16N2O5P/c8-4-1-3-7(10)9(11)5-2-6-15(12,13)14/h1-6,8H2,(H2,12,13,14)/q-1. The summed E-state index contributed by atoms with van der Waals surface area (Å²) in [6.07, 6.45) is 0.143. The first-order valence-corrected chi connectivity index (χ1v) is 6.38. The first-order valence-electron chi connectivity index (χ1n) is 4.59. The van der Waals surface area contributed by atoms with Gasteiger partial charge in [0.05, 0.1) is 6.16 Å². The molecule has 15 heavy (non-hydrogen) atoms. The van der Waals surface area contributed by atoms with Crippen molar-refractivity contribution in [1.29, 1.82) is 0 Å². The van der Waals surface area contributed by atoms with E-state index in [1.54, 1.807) is 0 Å². The quantitative estimate of drug-likeness (QED) is 0.410. The van der Waals surface area contributed by atoms with E-state index in [0.717, 1.165) is 0 Å². The van der Waals surface area contributed by atoms with Crippen LogP contribution in [0.25, 0.3) is 0 Å². The Morgan fingerprint density at radius 1 is 1.40 bits per heavy atom. The molecule has 0 radical (unpaired) electrons. The molecule has 0 unspecified atom stereocenters. The highest BCUT2D eigenvalue weighted by molar-refractivity contribution is 7.51. The lowest BCUT2D eigenvalue weighted by Gasteiger charge is -2.28. The molecule has 0 heterocycles. The molecular formula is C7H16N2O5P-. The third-order valence-electron chi connectivity index (χ3n) is 1.68. The highest BCUT2D eigenvalue weighted by Gasteiger charge is 2.12. The number of hydrogen-bond donors (Lipinski definition) is 3. The molecule has 0 fully saturated rings. The van der Waals surface area contributed by atoms with Crippen LogP contribution in [0.15, 0.2) is 0 Å². The molecule has 1 amide bonds. The zero-order valence-electron chi connectivity index (χ0n) is 8.33. The van der Waals surface area contributed by atoms with Crippen LogP contribution < -0.4 is 5.73 Å². The molecule has 0 aromatic heterocycles. The third-order valence-corrected chi connectivity index (χ3v) is 2.58. The van der Waals surface area contributed by atoms with Crippen LogP contribution in [0.1, 0.15) is 19.3 Å². The number of hydroxylamine groups is 2. The smallest absolute Gasteiger partial charge is 0.325 e. The van der Waals surface area contributed by atoms with E-state index in [2.05, 4.69) is 0 Å². The Hall–Kier alpha value is -0.460. The van der Waals surface area contributed by atoms with E-state index in [1.807, 2.05) is 0 Å². The Labute approximate surface area is 88.0 Å². The molecule has 90 valence electrons. The van der Waals surface area contributed by atoms with Crippen LogP contribution in [-0.4, -0.2) is 40.0 Å². The van der Waals surface area contributed by atoms with Crippen LogP contribution in [0.3, 0.4) is 0 Å². The minimum atomic E-state index is -4.07. The Bertz CT molecular complexity index is 242. The summed E-state index contributed by atoms with van der Waals surface area (Å²) in [5, 5.41) is 11.2. The van der Waals surface area contributed by atoms with E-state index in [4.69, 9.17) is 15.5 Å². The van der Waals surface area contributed by atoms with Crippen molar-refractivity contribution in [2.45, 2.75) is 19.3 Å². The molecule has 0 aromatic carbocycles. The monoisotopic (exact) mass is 239 g/mol. The Kier molecular flexibility index (Phi) is 6.71. The lowest BCUT2D eigenvalue weighted by Crippen LogP contribution is -2.26. The van der Waals surface area contributed by atoms with Gasteiger partial charge in [0, 0.05) is 13.0 Å². The average Bonchev–Trinajstić information content (AvgIpc) is 2.11. The highest BCUT2D eigenvalue weighted by atomic mass is 31.2. The summed E-state index contributed by atoms with van der Waals surface area (Å²) in [5.74, 6) is -0.592. The second-order valence-electron chi connectivity index (χ2n) is 3.13. The second kappa shape index (κ2) is 6.92. The number of amides is 1. The predicted molar refractivity (Wildman–Crippen MR) is 54.9 cm³/mol. The van der Waals surface area contributed by atoms with E-state index >= 15 is 0 Å². The number of nitrogens with two attached hydrogens (primary N) is 1. The largest absolute Gasteiger partial charge is 0.756 e. The summed E-state index contributed by atoms with van der Waals surface area (Å²) < 4.78 is 10.4. The second-order valence-corrected chi connectivity index (χ2v) is 4.91. The lowest BCUT2D eigenvalue weighted by atomic mass is 10.3. The van der Waals surface area contributed by atoms with E-state index in [-0.39, 0.29) is 30.6 Å². The molecule has 0 aliphatic carbocycles. The van der Waals surface area contributed by atoms with Crippen LogP contribution in [0.5, 0.6) is 0 Å². The SMILES string of the molecule is NCCCC(=O)N([O-])CCCP(=O)(O)O. The minimum Gasteiger partial charge on any atom is -0.756 e. The average molecular weight is 239 g/mol. The first-order chi connectivity index (χ1) is 6.87. The van der Waals surface area contributed by atoms with Crippen LogP contribution in [0, 0.1) is 5.21 Å². The van der Waals surface area contributed by atoms with Crippen LogP contribution in [0.4, 0.5) is 0 Å². The fraction of sp³-hybridized carbons (Fsp3) is 0.857. The maximum atomic E-state index is 11.0. The van der Waals surface area contributed by atoms with Gasteiger partial charge in [-0.05, 0) is 19.4 Å². The molecule has 0 bridgehead atoms. The van der Waals surface area contributed by atoms with Crippen molar-refractivity contribution in [2.75, 3.05) is 19.3 Å². The van der Waals surface area contributed by atoms with Crippen molar-refractivity contribution < 1.29 is 19.1 Å². The van der Waals surface area contributed by atoms with E-state index in [0.29, 0.717) is 13.0 Å². The number of rotatable bonds is 7. The topological polar surface area (TPSA) is 127 Å². The van der Waals surface area contributed by atoms with Gasteiger partial charge < -0.3 is 25.8 Å². The van der Waals surface area contributed by atoms with Gasteiger partial charge in [0.25, 0.3) is 0 Å². The fourth-order valence-corrected chi connectivity index (χ4v) is 1.48. The van der Waals surface area contributed by atoms with E-state index in [9.17, 15) is 14.6 Å². The van der Waals surface area contributed by atoms with Crippen molar-refractivity contribution in [3.05, 3.63) is 5.21 Å². The molecule has 4 N–H and O–H groups in total. The van der Waals surface area contributed by atoms with Gasteiger partial charge in [0.1, 0.15) is 0 Å². The zero-order valence-corrected chi connectivity index (χ0v) is 9.23. The Morgan fingerprint density at radius 2 is 2.00 bits per heavy atom. The molecule has 0 rings (SSSR count). The molecule has 0 atom stereocenters. The number of hydrogen-bond acceptors (Lipinski definition) is 4. The molecule has 7 nitrogen and oxygen atoms in total. The molecule has 0 aromatic rings. The van der Waals surface area contributed by atoms with Crippen molar-refractivity contribution in [2.24, 2.45) is 5.73 Å². The molecule has 0 aliphatic heterocycles. The fourth-order valence-electron chi connectivity index (χ4n) is 0.923. The van der Waals surface area contributed by atoms with Gasteiger partial charge >= 0.3 is 7.60 Å². The van der Waals surface area contributed by atoms with Gasteiger partial charge in [0.15, 0.2) is 0 Å². The van der Waals surface area contributed by atoms with Crippen molar-refractivity contribution in [3.8, 4) is 0 Å². The summed E-state index contributed by atoms with van der Waals surface area (Å²) in [6, 6.07) is 0. The number of carbonyl (C=O) groups excluding carboxylic acids is 1. The van der Waals surface area contributed by atoms with Crippen LogP contribution >= 0.6 is 7.60 Å². The lowest BCUT2D eigenvalue weighted by molar-refractivity contribution is -0.128. The summed E-state index contributed by atoms with van der Waals surface area (Å²) in [5.41, 5.74) is 5.16. The van der Waals surface area contributed by atoms with Crippen LogP contribution in [0.2, 0.25) is 0 Å².